The standard InChI is InChI=1S/C21H30ClN3O3S/c1-29(27,28)25-10-8-16(9-11-25)6-7-19-14-24-21(22)12-20(19)23-13-17-2-4-18(15-26)5-3-17/h12,14,16-18,26H,2-5,8-11,13,15H2,1H3,(H,23,24). The lowest BCUT2D eigenvalue weighted by atomic mass is 9.82. The van der Waals surface area contributed by atoms with Crippen molar-refractivity contribution >= 4 is 27.3 Å². The van der Waals surface area contributed by atoms with Gasteiger partial charge < -0.3 is 10.4 Å². The molecule has 1 aromatic heterocycles. The summed E-state index contributed by atoms with van der Waals surface area (Å²) in [5.74, 6) is 7.76. The minimum Gasteiger partial charge on any atom is -0.396 e. The molecule has 0 amide bonds. The van der Waals surface area contributed by atoms with Gasteiger partial charge in [0.15, 0.2) is 0 Å². The minimum atomic E-state index is -3.11. The van der Waals surface area contributed by atoms with E-state index in [9.17, 15) is 13.5 Å². The summed E-state index contributed by atoms with van der Waals surface area (Å²) in [6, 6.07) is 1.82. The third kappa shape index (κ3) is 6.58. The molecule has 1 aromatic rings. The summed E-state index contributed by atoms with van der Waals surface area (Å²) in [5.41, 5.74) is 1.72. The van der Waals surface area contributed by atoms with Crippen LogP contribution >= 0.6 is 11.6 Å². The highest BCUT2D eigenvalue weighted by atomic mass is 35.5. The van der Waals surface area contributed by atoms with Crippen LogP contribution in [0.25, 0.3) is 0 Å². The van der Waals surface area contributed by atoms with Gasteiger partial charge in [-0.1, -0.05) is 23.4 Å². The third-order valence-electron chi connectivity index (χ3n) is 6.01. The Balaban J connectivity index is 1.59. The molecule has 2 N–H and O–H groups in total. The molecule has 1 aliphatic carbocycles. The first-order chi connectivity index (χ1) is 13.8. The van der Waals surface area contributed by atoms with E-state index in [2.05, 4.69) is 22.1 Å². The van der Waals surface area contributed by atoms with Crippen LogP contribution in [0, 0.1) is 29.6 Å². The lowest BCUT2D eigenvalue weighted by molar-refractivity contribution is 0.170. The summed E-state index contributed by atoms with van der Waals surface area (Å²) in [6.07, 6.45) is 8.86. The van der Waals surface area contributed by atoms with Crippen molar-refractivity contribution in [1.82, 2.24) is 9.29 Å². The molecule has 0 unspecified atom stereocenters. The number of rotatable bonds is 5. The molecule has 0 aromatic carbocycles. The van der Waals surface area contributed by atoms with E-state index in [-0.39, 0.29) is 5.92 Å². The van der Waals surface area contributed by atoms with Crippen LogP contribution in [-0.4, -0.2) is 55.3 Å². The Bertz CT molecular complexity index is 850. The number of anilines is 1. The van der Waals surface area contributed by atoms with E-state index in [0.29, 0.717) is 36.7 Å². The number of pyridine rings is 1. The molecule has 1 saturated carbocycles. The van der Waals surface area contributed by atoms with Crippen LogP contribution in [0.1, 0.15) is 44.1 Å². The Labute approximate surface area is 179 Å². The first kappa shape index (κ1) is 22.4. The molecule has 29 heavy (non-hydrogen) atoms. The van der Waals surface area contributed by atoms with E-state index in [0.717, 1.165) is 56.3 Å². The molecule has 0 radical (unpaired) electrons. The van der Waals surface area contributed by atoms with Crippen LogP contribution in [0.2, 0.25) is 5.15 Å². The highest BCUT2D eigenvalue weighted by Crippen LogP contribution is 2.29. The fourth-order valence-corrected chi connectivity index (χ4v) is 5.09. The number of aliphatic hydroxyl groups excluding tert-OH is 1. The van der Waals surface area contributed by atoms with Crippen LogP contribution in [0.5, 0.6) is 0 Å². The number of nitrogens with one attached hydrogen (secondary N) is 1. The first-order valence-corrected chi connectivity index (χ1v) is 12.5. The van der Waals surface area contributed by atoms with E-state index in [1.165, 1.54) is 10.6 Å². The molecule has 0 spiro atoms. The normalized spacial score (nSPS) is 24.0. The van der Waals surface area contributed by atoms with Crippen LogP contribution in [-0.2, 0) is 10.0 Å². The first-order valence-electron chi connectivity index (χ1n) is 10.3. The molecule has 8 heteroatoms. The predicted molar refractivity (Wildman–Crippen MR) is 116 cm³/mol. The van der Waals surface area contributed by atoms with Gasteiger partial charge in [-0.15, -0.1) is 0 Å². The van der Waals surface area contributed by atoms with Crippen LogP contribution in [0.3, 0.4) is 0 Å². The number of hydrogen-bond acceptors (Lipinski definition) is 5. The maximum absolute atomic E-state index is 11.6. The topological polar surface area (TPSA) is 82.5 Å². The Kier molecular flexibility index (Phi) is 7.80. The van der Waals surface area contributed by atoms with E-state index < -0.39 is 10.0 Å². The van der Waals surface area contributed by atoms with E-state index in [1.54, 1.807) is 6.20 Å². The average Bonchev–Trinajstić information content (AvgIpc) is 2.71. The molecule has 1 saturated heterocycles. The number of hydrogen-bond donors (Lipinski definition) is 2. The zero-order valence-corrected chi connectivity index (χ0v) is 18.5. The lowest BCUT2D eigenvalue weighted by Gasteiger charge is -2.28. The lowest BCUT2D eigenvalue weighted by Crippen LogP contribution is -2.37. The smallest absolute Gasteiger partial charge is 0.211 e. The maximum atomic E-state index is 11.6. The molecule has 1 aliphatic heterocycles. The van der Waals surface area contributed by atoms with Gasteiger partial charge in [-0.25, -0.2) is 17.7 Å². The average molecular weight is 440 g/mol. The van der Waals surface area contributed by atoms with Gasteiger partial charge in [0, 0.05) is 38.4 Å². The number of halogens is 1. The molecule has 6 nitrogen and oxygen atoms in total. The monoisotopic (exact) mass is 439 g/mol. The molecule has 3 rings (SSSR count). The van der Waals surface area contributed by atoms with Crippen LogP contribution < -0.4 is 5.32 Å². The summed E-state index contributed by atoms with van der Waals surface area (Å²) < 4.78 is 24.8. The third-order valence-corrected chi connectivity index (χ3v) is 7.52. The Hall–Kier alpha value is -1.33. The second kappa shape index (κ2) is 10.1. The van der Waals surface area contributed by atoms with Crippen molar-refractivity contribution < 1.29 is 13.5 Å². The van der Waals surface area contributed by atoms with Crippen molar-refractivity contribution in [1.29, 1.82) is 0 Å². The molecule has 2 heterocycles. The quantitative estimate of drug-likeness (QED) is 0.544. The highest BCUT2D eigenvalue weighted by Gasteiger charge is 2.24. The Morgan fingerprint density at radius 2 is 1.86 bits per heavy atom. The van der Waals surface area contributed by atoms with E-state index in [1.807, 2.05) is 6.07 Å². The van der Waals surface area contributed by atoms with Crippen molar-refractivity contribution in [2.75, 3.05) is 37.8 Å². The largest absolute Gasteiger partial charge is 0.396 e. The maximum Gasteiger partial charge on any atom is 0.211 e. The van der Waals surface area contributed by atoms with Gasteiger partial charge in [0.2, 0.25) is 10.0 Å². The number of sulfonamides is 1. The fraction of sp³-hybridized carbons (Fsp3) is 0.667. The van der Waals surface area contributed by atoms with Crippen molar-refractivity contribution in [3.05, 3.63) is 23.0 Å². The van der Waals surface area contributed by atoms with Gasteiger partial charge >= 0.3 is 0 Å². The summed E-state index contributed by atoms with van der Waals surface area (Å²) in [4.78, 5) is 4.17. The van der Waals surface area contributed by atoms with Gasteiger partial charge in [-0.2, -0.15) is 0 Å². The molecule has 160 valence electrons. The zero-order chi connectivity index (χ0) is 20.9. The second-order valence-electron chi connectivity index (χ2n) is 8.21. The van der Waals surface area contributed by atoms with Gasteiger partial charge in [0.05, 0.1) is 17.5 Å². The zero-order valence-electron chi connectivity index (χ0n) is 16.9. The summed E-state index contributed by atoms with van der Waals surface area (Å²) in [7, 11) is -3.11. The van der Waals surface area contributed by atoms with Gasteiger partial charge in [-0.05, 0) is 56.4 Å². The number of aliphatic hydroxyl groups is 1. The van der Waals surface area contributed by atoms with Gasteiger partial charge in [0.25, 0.3) is 0 Å². The van der Waals surface area contributed by atoms with Crippen molar-refractivity contribution in [2.24, 2.45) is 17.8 Å². The molecule has 0 atom stereocenters. The van der Waals surface area contributed by atoms with Crippen molar-refractivity contribution in [3.8, 4) is 11.8 Å². The van der Waals surface area contributed by atoms with Crippen LogP contribution in [0.4, 0.5) is 5.69 Å². The highest BCUT2D eigenvalue weighted by molar-refractivity contribution is 7.88. The van der Waals surface area contributed by atoms with E-state index in [4.69, 9.17) is 11.6 Å². The molecule has 2 fully saturated rings. The molecule has 2 aliphatic rings. The van der Waals surface area contributed by atoms with Crippen LogP contribution in [0.15, 0.2) is 12.3 Å². The second-order valence-corrected chi connectivity index (χ2v) is 10.6. The van der Waals surface area contributed by atoms with Crippen molar-refractivity contribution in [2.45, 2.75) is 38.5 Å². The van der Waals surface area contributed by atoms with Gasteiger partial charge in [-0.3, -0.25) is 0 Å². The summed E-state index contributed by atoms with van der Waals surface area (Å²) in [6.45, 7) is 2.21. The summed E-state index contributed by atoms with van der Waals surface area (Å²) in [5, 5.41) is 13.2. The molecule has 0 bridgehead atoms. The Morgan fingerprint density at radius 3 is 2.48 bits per heavy atom. The number of piperidine rings is 1. The minimum absolute atomic E-state index is 0.185. The summed E-state index contributed by atoms with van der Waals surface area (Å²) >= 11 is 6.09. The predicted octanol–water partition coefficient (Wildman–Crippen LogP) is 2.97. The Morgan fingerprint density at radius 1 is 1.21 bits per heavy atom. The fourth-order valence-electron chi connectivity index (χ4n) is 4.06. The number of nitrogens with zero attached hydrogens (tertiary/aromatic N) is 2. The number of aromatic nitrogens is 1. The van der Waals surface area contributed by atoms with Crippen molar-refractivity contribution in [3.63, 3.8) is 0 Å². The van der Waals surface area contributed by atoms with Gasteiger partial charge in [0.1, 0.15) is 5.15 Å². The van der Waals surface area contributed by atoms with E-state index >= 15 is 0 Å². The molecular formula is C21H30ClN3O3S. The molecular weight excluding hydrogens is 410 g/mol. The SMILES string of the molecule is CS(=O)(=O)N1CCC(C#Cc2cnc(Cl)cc2NCC2CCC(CO)CC2)CC1.